The Balaban J connectivity index is 1.50. The van der Waals surface area contributed by atoms with Gasteiger partial charge in [0.2, 0.25) is 0 Å². The second kappa shape index (κ2) is 7.43. The summed E-state index contributed by atoms with van der Waals surface area (Å²) in [5.41, 5.74) is 1.43. The van der Waals surface area contributed by atoms with Crippen LogP contribution in [0.4, 0.5) is 4.39 Å². The predicted octanol–water partition coefficient (Wildman–Crippen LogP) is 3.46. The Bertz CT molecular complexity index is 720. The van der Waals surface area contributed by atoms with Crippen molar-refractivity contribution >= 4 is 5.91 Å². The lowest BCUT2D eigenvalue weighted by Gasteiger charge is -2.17. The van der Waals surface area contributed by atoms with Gasteiger partial charge in [0.05, 0.1) is 12.2 Å². The molecule has 1 fully saturated rings. The SMILES string of the molecule is Cc1ncccc1C(=O)N1CCC(CCOc2ccccc2F)C1. The van der Waals surface area contributed by atoms with E-state index in [1.165, 1.54) is 6.07 Å². The van der Waals surface area contributed by atoms with E-state index in [0.717, 1.165) is 25.1 Å². The number of rotatable bonds is 5. The third-order valence-corrected chi connectivity index (χ3v) is 4.43. The summed E-state index contributed by atoms with van der Waals surface area (Å²) in [5.74, 6) is 0.373. The van der Waals surface area contributed by atoms with Crippen LogP contribution in [0.2, 0.25) is 0 Å². The van der Waals surface area contributed by atoms with Crippen molar-refractivity contribution in [1.29, 1.82) is 0 Å². The monoisotopic (exact) mass is 328 g/mol. The van der Waals surface area contributed by atoms with Crippen LogP contribution in [0, 0.1) is 18.7 Å². The van der Waals surface area contributed by atoms with Gasteiger partial charge < -0.3 is 9.64 Å². The molecular weight excluding hydrogens is 307 g/mol. The summed E-state index contributed by atoms with van der Waals surface area (Å²) >= 11 is 0. The van der Waals surface area contributed by atoms with Crippen molar-refractivity contribution in [3.05, 3.63) is 59.7 Å². The minimum Gasteiger partial charge on any atom is -0.491 e. The molecule has 1 aromatic heterocycles. The maximum Gasteiger partial charge on any atom is 0.255 e. The molecule has 1 aliphatic rings. The van der Waals surface area contributed by atoms with Crippen LogP contribution < -0.4 is 4.74 Å². The molecule has 0 bridgehead atoms. The van der Waals surface area contributed by atoms with Crippen LogP contribution in [0.15, 0.2) is 42.6 Å². The van der Waals surface area contributed by atoms with Gasteiger partial charge in [0.15, 0.2) is 11.6 Å². The number of benzene rings is 1. The minimum absolute atomic E-state index is 0.0399. The average Bonchev–Trinajstić information content (AvgIpc) is 3.05. The number of hydrogen-bond acceptors (Lipinski definition) is 3. The van der Waals surface area contributed by atoms with Crippen molar-refractivity contribution in [2.24, 2.45) is 5.92 Å². The summed E-state index contributed by atoms with van der Waals surface area (Å²) in [5, 5.41) is 0. The third kappa shape index (κ3) is 3.72. The van der Waals surface area contributed by atoms with Crippen molar-refractivity contribution in [1.82, 2.24) is 9.88 Å². The zero-order valence-corrected chi connectivity index (χ0v) is 13.7. The van der Waals surface area contributed by atoms with Crippen molar-refractivity contribution in [3.8, 4) is 5.75 Å². The fourth-order valence-corrected chi connectivity index (χ4v) is 3.03. The highest BCUT2D eigenvalue weighted by Crippen LogP contribution is 2.23. The number of pyridine rings is 1. The Hall–Kier alpha value is -2.43. The molecule has 1 saturated heterocycles. The van der Waals surface area contributed by atoms with E-state index in [4.69, 9.17) is 4.74 Å². The second-order valence-corrected chi connectivity index (χ2v) is 6.11. The molecule has 0 saturated carbocycles. The Morgan fingerprint density at radius 2 is 2.17 bits per heavy atom. The number of aromatic nitrogens is 1. The first-order valence-corrected chi connectivity index (χ1v) is 8.23. The molecule has 1 unspecified atom stereocenters. The van der Waals surface area contributed by atoms with Crippen LogP contribution in [0.5, 0.6) is 5.75 Å². The highest BCUT2D eigenvalue weighted by Gasteiger charge is 2.27. The summed E-state index contributed by atoms with van der Waals surface area (Å²) in [7, 11) is 0. The summed E-state index contributed by atoms with van der Waals surface area (Å²) in [6.07, 6.45) is 3.45. The number of nitrogens with zero attached hydrogens (tertiary/aromatic N) is 2. The molecule has 0 radical (unpaired) electrons. The lowest BCUT2D eigenvalue weighted by atomic mass is 10.1. The summed E-state index contributed by atoms with van der Waals surface area (Å²) < 4.78 is 19.0. The average molecular weight is 328 g/mol. The van der Waals surface area contributed by atoms with Crippen molar-refractivity contribution in [2.75, 3.05) is 19.7 Å². The molecule has 2 aromatic rings. The molecule has 1 aromatic carbocycles. The number of para-hydroxylation sites is 1. The number of likely N-dealkylation sites (tertiary alicyclic amines) is 1. The van der Waals surface area contributed by atoms with Crippen LogP contribution >= 0.6 is 0 Å². The van der Waals surface area contributed by atoms with Crippen LogP contribution in [-0.2, 0) is 0 Å². The molecule has 1 amide bonds. The van der Waals surface area contributed by atoms with Gasteiger partial charge in [-0.15, -0.1) is 0 Å². The summed E-state index contributed by atoms with van der Waals surface area (Å²) in [6, 6.07) is 10.0. The largest absolute Gasteiger partial charge is 0.491 e. The fraction of sp³-hybridized carbons (Fsp3) is 0.368. The second-order valence-electron chi connectivity index (χ2n) is 6.11. The molecule has 2 heterocycles. The maximum absolute atomic E-state index is 13.5. The molecular formula is C19H21FN2O2. The van der Waals surface area contributed by atoms with E-state index in [-0.39, 0.29) is 17.5 Å². The standard InChI is InChI=1S/C19H21FN2O2/c1-14-16(5-4-10-21-14)19(23)22-11-8-15(13-22)9-12-24-18-7-3-2-6-17(18)20/h2-7,10,15H,8-9,11-13H2,1H3. The third-order valence-electron chi connectivity index (χ3n) is 4.43. The van der Waals surface area contributed by atoms with Gasteiger partial charge >= 0.3 is 0 Å². The Morgan fingerprint density at radius 1 is 1.33 bits per heavy atom. The maximum atomic E-state index is 13.5. The topological polar surface area (TPSA) is 42.4 Å². The van der Waals surface area contributed by atoms with E-state index in [1.807, 2.05) is 17.9 Å². The van der Waals surface area contributed by atoms with Gasteiger partial charge in [-0.3, -0.25) is 9.78 Å². The van der Waals surface area contributed by atoms with Gasteiger partial charge in [-0.05, 0) is 49.9 Å². The molecule has 3 rings (SSSR count). The highest BCUT2D eigenvalue weighted by atomic mass is 19.1. The molecule has 0 spiro atoms. The molecule has 126 valence electrons. The van der Waals surface area contributed by atoms with Gasteiger partial charge in [-0.2, -0.15) is 0 Å². The number of aryl methyl sites for hydroxylation is 1. The Morgan fingerprint density at radius 3 is 2.96 bits per heavy atom. The highest BCUT2D eigenvalue weighted by molar-refractivity contribution is 5.95. The summed E-state index contributed by atoms with van der Waals surface area (Å²) in [6.45, 7) is 3.77. The number of hydrogen-bond donors (Lipinski definition) is 0. The molecule has 1 atom stereocenters. The number of amides is 1. The van der Waals surface area contributed by atoms with E-state index in [9.17, 15) is 9.18 Å². The molecule has 5 heteroatoms. The molecule has 24 heavy (non-hydrogen) atoms. The van der Waals surface area contributed by atoms with Gasteiger partial charge in [-0.25, -0.2) is 4.39 Å². The molecule has 4 nitrogen and oxygen atoms in total. The van der Waals surface area contributed by atoms with Crippen molar-refractivity contribution in [3.63, 3.8) is 0 Å². The first kappa shape index (κ1) is 16.4. The van der Waals surface area contributed by atoms with Crippen LogP contribution in [0.25, 0.3) is 0 Å². The zero-order chi connectivity index (χ0) is 16.9. The fourth-order valence-electron chi connectivity index (χ4n) is 3.03. The first-order valence-electron chi connectivity index (χ1n) is 8.23. The van der Waals surface area contributed by atoms with Crippen LogP contribution in [-0.4, -0.2) is 35.5 Å². The predicted molar refractivity (Wildman–Crippen MR) is 89.5 cm³/mol. The molecule has 0 aliphatic carbocycles. The number of carbonyl (C=O) groups excluding carboxylic acids is 1. The summed E-state index contributed by atoms with van der Waals surface area (Å²) in [4.78, 5) is 18.6. The van der Waals surface area contributed by atoms with Crippen LogP contribution in [0.3, 0.4) is 0 Å². The Labute approximate surface area is 141 Å². The van der Waals surface area contributed by atoms with E-state index < -0.39 is 0 Å². The molecule has 1 aliphatic heterocycles. The normalized spacial score (nSPS) is 17.1. The van der Waals surface area contributed by atoms with Gasteiger partial charge in [-0.1, -0.05) is 12.1 Å². The lowest BCUT2D eigenvalue weighted by Crippen LogP contribution is -2.29. The van der Waals surface area contributed by atoms with E-state index >= 15 is 0 Å². The quantitative estimate of drug-likeness (QED) is 0.844. The number of halogens is 1. The first-order chi connectivity index (χ1) is 11.6. The number of carbonyl (C=O) groups is 1. The van der Waals surface area contributed by atoms with E-state index in [0.29, 0.717) is 24.6 Å². The van der Waals surface area contributed by atoms with Gasteiger partial charge in [0.1, 0.15) is 0 Å². The zero-order valence-electron chi connectivity index (χ0n) is 13.7. The number of ether oxygens (including phenoxy) is 1. The van der Waals surface area contributed by atoms with Crippen LogP contribution in [0.1, 0.15) is 28.9 Å². The van der Waals surface area contributed by atoms with Crippen molar-refractivity contribution < 1.29 is 13.9 Å². The van der Waals surface area contributed by atoms with Gasteiger partial charge in [0, 0.05) is 25.0 Å². The molecule has 0 N–H and O–H groups in total. The Kier molecular flexibility index (Phi) is 5.08. The van der Waals surface area contributed by atoms with E-state index in [1.54, 1.807) is 30.5 Å². The lowest BCUT2D eigenvalue weighted by molar-refractivity contribution is 0.0784. The van der Waals surface area contributed by atoms with Gasteiger partial charge in [0.25, 0.3) is 5.91 Å². The van der Waals surface area contributed by atoms with Crippen molar-refractivity contribution in [2.45, 2.75) is 19.8 Å². The van der Waals surface area contributed by atoms with E-state index in [2.05, 4.69) is 4.98 Å². The smallest absolute Gasteiger partial charge is 0.255 e. The minimum atomic E-state index is -0.340.